The second-order valence-corrected chi connectivity index (χ2v) is 6.16. The fraction of sp³-hybridized carbons (Fsp3) is 0.400. The van der Waals surface area contributed by atoms with E-state index in [4.69, 9.17) is 0 Å². The van der Waals surface area contributed by atoms with Crippen LogP contribution >= 0.6 is 11.3 Å². The molecule has 1 N–H and O–H groups in total. The molecule has 4 heteroatoms. The molecule has 2 amide bonds. The summed E-state index contributed by atoms with van der Waals surface area (Å²) in [6.45, 7) is 3.99. The smallest absolute Gasteiger partial charge is 0.321 e. The van der Waals surface area contributed by atoms with Gasteiger partial charge >= 0.3 is 6.03 Å². The molecule has 100 valence electrons. The maximum absolute atomic E-state index is 12.2. The average molecular weight is 274 g/mol. The van der Waals surface area contributed by atoms with Crippen LogP contribution in [-0.2, 0) is 0 Å². The van der Waals surface area contributed by atoms with E-state index >= 15 is 0 Å². The van der Waals surface area contributed by atoms with Gasteiger partial charge in [0.15, 0.2) is 0 Å². The van der Waals surface area contributed by atoms with E-state index in [1.54, 1.807) is 11.3 Å². The van der Waals surface area contributed by atoms with E-state index in [-0.39, 0.29) is 6.03 Å². The summed E-state index contributed by atoms with van der Waals surface area (Å²) in [7, 11) is 0. The van der Waals surface area contributed by atoms with Crippen LogP contribution in [-0.4, -0.2) is 24.0 Å². The number of carbonyl (C=O) groups is 1. The summed E-state index contributed by atoms with van der Waals surface area (Å²) < 4.78 is 1.21. The fourth-order valence-electron chi connectivity index (χ4n) is 2.48. The molecule has 19 heavy (non-hydrogen) atoms. The molecule has 0 unspecified atom stereocenters. The topological polar surface area (TPSA) is 32.3 Å². The van der Waals surface area contributed by atoms with Gasteiger partial charge in [-0.2, -0.15) is 0 Å². The maximum Gasteiger partial charge on any atom is 0.321 e. The van der Waals surface area contributed by atoms with Crippen molar-refractivity contribution < 1.29 is 4.79 Å². The molecule has 2 heterocycles. The number of carbonyl (C=O) groups excluding carboxylic acids is 1. The van der Waals surface area contributed by atoms with Crippen LogP contribution in [0.5, 0.6) is 0 Å². The first-order valence-electron chi connectivity index (χ1n) is 6.76. The summed E-state index contributed by atoms with van der Waals surface area (Å²) >= 11 is 1.67. The number of urea groups is 1. The maximum atomic E-state index is 12.2. The molecule has 0 atom stereocenters. The second kappa shape index (κ2) is 5.21. The van der Waals surface area contributed by atoms with Crippen molar-refractivity contribution in [1.29, 1.82) is 0 Å². The molecule has 1 aromatic carbocycles. The predicted octanol–water partition coefficient (Wildman–Crippen LogP) is 4.17. The van der Waals surface area contributed by atoms with Gasteiger partial charge in [-0.15, -0.1) is 11.3 Å². The molecule has 0 bridgehead atoms. The summed E-state index contributed by atoms with van der Waals surface area (Å²) in [5.74, 6) is 0.742. The number of thiophene rings is 1. The van der Waals surface area contributed by atoms with Crippen LogP contribution in [0.3, 0.4) is 0 Å². The van der Waals surface area contributed by atoms with Crippen molar-refractivity contribution in [2.24, 2.45) is 5.92 Å². The van der Waals surface area contributed by atoms with E-state index in [1.165, 1.54) is 4.70 Å². The van der Waals surface area contributed by atoms with E-state index < -0.39 is 0 Å². The Balaban J connectivity index is 1.72. The summed E-state index contributed by atoms with van der Waals surface area (Å²) in [6.07, 6.45) is 2.22. The van der Waals surface area contributed by atoms with Gasteiger partial charge in [0.05, 0.1) is 5.69 Å². The fourth-order valence-corrected chi connectivity index (χ4v) is 3.37. The molecule has 3 rings (SSSR count). The predicted molar refractivity (Wildman–Crippen MR) is 80.8 cm³/mol. The first-order valence-corrected chi connectivity index (χ1v) is 7.64. The summed E-state index contributed by atoms with van der Waals surface area (Å²) in [6, 6.07) is 8.21. The third-order valence-corrected chi connectivity index (χ3v) is 4.76. The highest BCUT2D eigenvalue weighted by molar-refractivity contribution is 7.17. The van der Waals surface area contributed by atoms with Gasteiger partial charge in [0.25, 0.3) is 0 Å². The van der Waals surface area contributed by atoms with E-state index in [0.717, 1.165) is 42.9 Å². The number of hydrogen-bond acceptors (Lipinski definition) is 2. The summed E-state index contributed by atoms with van der Waals surface area (Å²) in [4.78, 5) is 14.2. The SMILES string of the molecule is CC1CCN(C(=O)Nc2csc3ccccc23)CC1. The Labute approximate surface area is 117 Å². The molecule has 1 aliphatic heterocycles. The molecule has 2 aromatic rings. The van der Waals surface area contributed by atoms with Crippen LogP contribution < -0.4 is 5.32 Å². The number of nitrogens with zero attached hydrogens (tertiary/aromatic N) is 1. The number of hydrogen-bond donors (Lipinski definition) is 1. The zero-order chi connectivity index (χ0) is 13.2. The Kier molecular flexibility index (Phi) is 3.42. The van der Waals surface area contributed by atoms with Crippen molar-refractivity contribution in [1.82, 2.24) is 4.90 Å². The standard InChI is InChI=1S/C15H18N2OS/c1-11-6-8-17(9-7-11)15(18)16-13-10-19-14-5-3-2-4-12(13)14/h2-5,10-11H,6-9H2,1H3,(H,16,18). The van der Waals surface area contributed by atoms with Gasteiger partial charge in [-0.1, -0.05) is 25.1 Å². The molecule has 1 saturated heterocycles. The number of piperidine rings is 1. The number of nitrogens with one attached hydrogen (secondary N) is 1. The molecule has 1 aromatic heterocycles. The number of anilines is 1. The lowest BCUT2D eigenvalue weighted by Crippen LogP contribution is -2.40. The molecule has 3 nitrogen and oxygen atoms in total. The molecular formula is C15H18N2OS. The monoisotopic (exact) mass is 274 g/mol. The normalized spacial score (nSPS) is 16.8. The van der Waals surface area contributed by atoms with Crippen LogP contribution in [0.2, 0.25) is 0 Å². The minimum Gasteiger partial charge on any atom is -0.325 e. The Morgan fingerprint density at radius 2 is 2.05 bits per heavy atom. The minimum absolute atomic E-state index is 0.0375. The van der Waals surface area contributed by atoms with E-state index in [9.17, 15) is 4.79 Å². The van der Waals surface area contributed by atoms with Crippen LogP contribution in [0.15, 0.2) is 29.6 Å². The zero-order valence-electron chi connectivity index (χ0n) is 11.1. The van der Waals surface area contributed by atoms with E-state index in [2.05, 4.69) is 24.4 Å². The number of rotatable bonds is 1. The number of fused-ring (bicyclic) bond motifs is 1. The van der Waals surface area contributed by atoms with Crippen molar-refractivity contribution in [2.75, 3.05) is 18.4 Å². The van der Waals surface area contributed by atoms with Crippen LogP contribution in [0.4, 0.5) is 10.5 Å². The highest BCUT2D eigenvalue weighted by Gasteiger charge is 2.20. The van der Waals surface area contributed by atoms with Crippen molar-refractivity contribution in [2.45, 2.75) is 19.8 Å². The Hall–Kier alpha value is -1.55. The third-order valence-electron chi connectivity index (χ3n) is 3.79. The van der Waals surface area contributed by atoms with Crippen molar-refractivity contribution in [3.63, 3.8) is 0 Å². The van der Waals surface area contributed by atoms with E-state index in [0.29, 0.717) is 0 Å². The number of benzene rings is 1. The van der Waals surface area contributed by atoms with Crippen molar-refractivity contribution in [3.05, 3.63) is 29.6 Å². The van der Waals surface area contributed by atoms with Crippen LogP contribution in [0.1, 0.15) is 19.8 Å². The van der Waals surface area contributed by atoms with Crippen molar-refractivity contribution in [3.8, 4) is 0 Å². The molecule has 0 saturated carbocycles. The molecule has 1 fully saturated rings. The van der Waals surface area contributed by atoms with Gasteiger partial charge in [-0.05, 0) is 24.8 Å². The Morgan fingerprint density at radius 3 is 2.84 bits per heavy atom. The Morgan fingerprint density at radius 1 is 1.32 bits per heavy atom. The average Bonchev–Trinajstić information content (AvgIpc) is 2.83. The summed E-state index contributed by atoms with van der Waals surface area (Å²) in [5, 5.41) is 6.20. The first-order chi connectivity index (χ1) is 9.24. The molecule has 0 aliphatic carbocycles. The molecule has 0 radical (unpaired) electrons. The Bertz CT molecular complexity index is 585. The van der Waals surface area contributed by atoms with Crippen LogP contribution in [0.25, 0.3) is 10.1 Å². The van der Waals surface area contributed by atoms with Gasteiger partial charge in [-0.25, -0.2) is 4.79 Å². The third kappa shape index (κ3) is 2.59. The molecule has 1 aliphatic rings. The number of likely N-dealkylation sites (tertiary alicyclic amines) is 1. The summed E-state index contributed by atoms with van der Waals surface area (Å²) in [5.41, 5.74) is 0.934. The second-order valence-electron chi connectivity index (χ2n) is 5.25. The lowest BCUT2D eigenvalue weighted by Gasteiger charge is -2.30. The quantitative estimate of drug-likeness (QED) is 0.832. The van der Waals surface area contributed by atoms with Gasteiger partial charge in [0, 0.05) is 28.6 Å². The van der Waals surface area contributed by atoms with Gasteiger partial charge in [0.2, 0.25) is 0 Å². The highest BCUT2D eigenvalue weighted by atomic mass is 32.1. The lowest BCUT2D eigenvalue weighted by atomic mass is 10.00. The zero-order valence-corrected chi connectivity index (χ0v) is 11.9. The minimum atomic E-state index is 0.0375. The molecular weight excluding hydrogens is 256 g/mol. The van der Waals surface area contributed by atoms with Gasteiger partial charge in [0.1, 0.15) is 0 Å². The van der Waals surface area contributed by atoms with Gasteiger partial charge in [-0.3, -0.25) is 0 Å². The molecule has 0 spiro atoms. The largest absolute Gasteiger partial charge is 0.325 e. The van der Waals surface area contributed by atoms with E-state index in [1.807, 2.05) is 22.4 Å². The van der Waals surface area contributed by atoms with Crippen molar-refractivity contribution >= 4 is 33.1 Å². The van der Waals surface area contributed by atoms with Gasteiger partial charge < -0.3 is 10.2 Å². The lowest BCUT2D eigenvalue weighted by molar-refractivity contribution is 0.186. The first kappa shape index (κ1) is 12.5. The highest BCUT2D eigenvalue weighted by Crippen LogP contribution is 2.30. The number of amides is 2. The van der Waals surface area contributed by atoms with Crippen LogP contribution in [0, 0.1) is 5.92 Å².